The van der Waals surface area contributed by atoms with Crippen LogP contribution in [-0.2, 0) is 22.4 Å². The first-order chi connectivity index (χ1) is 12.5. The third-order valence-electron chi connectivity index (χ3n) is 4.20. The van der Waals surface area contributed by atoms with Gasteiger partial charge in [-0.25, -0.2) is 0 Å². The third kappa shape index (κ3) is 11.4. The van der Waals surface area contributed by atoms with Gasteiger partial charge >= 0.3 is 0 Å². The van der Waals surface area contributed by atoms with E-state index in [2.05, 4.69) is 55.5 Å². The minimum absolute atomic E-state index is 0.284. The van der Waals surface area contributed by atoms with Crippen molar-refractivity contribution in [2.45, 2.75) is 65.7 Å². The van der Waals surface area contributed by atoms with Gasteiger partial charge in [0, 0.05) is 12.8 Å². The van der Waals surface area contributed by atoms with Crippen molar-refractivity contribution in [2.75, 3.05) is 0 Å². The molecular weight excluding hydrogens is 320 g/mol. The summed E-state index contributed by atoms with van der Waals surface area (Å²) in [5.41, 5.74) is 3.98. The quantitative estimate of drug-likeness (QED) is 0.527. The Kier molecular flexibility index (Phi) is 10.9. The van der Waals surface area contributed by atoms with E-state index >= 15 is 0 Å². The largest absolute Gasteiger partial charge is 0.300 e. The predicted molar refractivity (Wildman–Crippen MR) is 109 cm³/mol. The van der Waals surface area contributed by atoms with E-state index in [9.17, 15) is 9.59 Å². The molecule has 2 aromatic rings. The Morgan fingerprint density at radius 1 is 0.654 bits per heavy atom. The van der Waals surface area contributed by atoms with Gasteiger partial charge < -0.3 is 9.59 Å². The number of rotatable bonds is 9. The second-order valence-corrected chi connectivity index (χ2v) is 6.94. The molecule has 2 aromatic carbocycles. The summed E-state index contributed by atoms with van der Waals surface area (Å²) in [5, 5.41) is 0. The van der Waals surface area contributed by atoms with Crippen molar-refractivity contribution < 1.29 is 9.59 Å². The van der Waals surface area contributed by atoms with Crippen molar-refractivity contribution in [2.24, 2.45) is 0 Å². The highest BCUT2D eigenvalue weighted by Gasteiger charge is 1.96. The van der Waals surface area contributed by atoms with Crippen molar-refractivity contribution in [3.05, 3.63) is 71.3 Å². The maximum Gasteiger partial charge on any atom is 0.129 e. The van der Waals surface area contributed by atoms with E-state index in [4.69, 9.17) is 0 Å². The fraction of sp³-hybridized carbons (Fsp3) is 0.417. The van der Waals surface area contributed by atoms with E-state index in [1.54, 1.807) is 13.8 Å². The highest BCUT2D eigenvalue weighted by atomic mass is 16.1. The lowest BCUT2D eigenvalue weighted by Gasteiger charge is -2.00. The maximum absolute atomic E-state index is 10.7. The maximum atomic E-state index is 10.7. The van der Waals surface area contributed by atoms with E-state index in [0.717, 1.165) is 38.5 Å². The van der Waals surface area contributed by atoms with Gasteiger partial charge in [-0.2, -0.15) is 0 Å². The van der Waals surface area contributed by atoms with Crippen LogP contribution in [0.2, 0.25) is 0 Å². The molecule has 0 spiro atoms. The average molecular weight is 353 g/mol. The highest BCUT2D eigenvalue weighted by Crippen LogP contribution is 2.07. The molecule has 0 aliphatic rings. The number of carbonyl (C=O) groups excluding carboxylic acids is 2. The zero-order chi connectivity index (χ0) is 19.2. The molecule has 2 heteroatoms. The first-order valence-electron chi connectivity index (χ1n) is 9.55. The lowest BCUT2D eigenvalue weighted by Crippen LogP contribution is -1.92. The van der Waals surface area contributed by atoms with Gasteiger partial charge in [-0.15, -0.1) is 0 Å². The molecule has 0 fully saturated rings. The molecule has 0 aliphatic carbocycles. The summed E-state index contributed by atoms with van der Waals surface area (Å²) in [6.07, 6.45) is 6.64. The van der Waals surface area contributed by atoms with Crippen LogP contribution in [0, 0.1) is 6.92 Å². The Morgan fingerprint density at radius 3 is 1.73 bits per heavy atom. The van der Waals surface area contributed by atoms with Crippen LogP contribution in [0.15, 0.2) is 54.6 Å². The molecule has 26 heavy (non-hydrogen) atoms. The predicted octanol–water partition coefficient (Wildman–Crippen LogP) is 5.90. The van der Waals surface area contributed by atoms with Crippen LogP contribution in [0.25, 0.3) is 0 Å². The topological polar surface area (TPSA) is 34.1 Å². The van der Waals surface area contributed by atoms with E-state index in [-0.39, 0.29) is 5.78 Å². The fourth-order valence-corrected chi connectivity index (χ4v) is 2.64. The monoisotopic (exact) mass is 352 g/mol. The zero-order valence-electron chi connectivity index (χ0n) is 16.5. The molecule has 0 saturated heterocycles. The molecule has 2 nitrogen and oxygen atoms in total. The van der Waals surface area contributed by atoms with Crippen LogP contribution in [-0.4, -0.2) is 11.6 Å². The molecule has 0 saturated carbocycles. The standard InChI is InChI=1S/2C12H16O/c1-10-6-8-12(9-7-10)5-3-4-11(2)13;1-11(13)7-5-6-10-12-8-3-2-4-9-12/h6-9H,3-5H2,1-2H3;2-4,8-9H,5-7,10H2,1H3. The molecular formula is C24H32O2. The minimum Gasteiger partial charge on any atom is -0.300 e. The number of Topliss-reactive ketones (excluding diaryl/α,β-unsaturated/α-hetero) is 2. The second-order valence-electron chi connectivity index (χ2n) is 6.94. The lowest BCUT2D eigenvalue weighted by atomic mass is 10.1. The van der Waals surface area contributed by atoms with E-state index in [1.807, 2.05) is 6.07 Å². The fourth-order valence-electron chi connectivity index (χ4n) is 2.64. The Bertz CT molecular complexity index is 642. The number of aryl methyl sites for hydroxylation is 3. The molecule has 0 aromatic heterocycles. The molecule has 0 atom stereocenters. The number of unbranched alkanes of at least 4 members (excludes halogenated alkanes) is 1. The van der Waals surface area contributed by atoms with Gasteiger partial charge in [0.25, 0.3) is 0 Å². The summed E-state index contributed by atoms with van der Waals surface area (Å²) in [6, 6.07) is 18.9. The van der Waals surface area contributed by atoms with Crippen molar-refractivity contribution >= 4 is 11.6 Å². The van der Waals surface area contributed by atoms with Crippen molar-refractivity contribution in [3.63, 3.8) is 0 Å². The zero-order valence-corrected chi connectivity index (χ0v) is 16.5. The van der Waals surface area contributed by atoms with Crippen molar-refractivity contribution in [3.8, 4) is 0 Å². The van der Waals surface area contributed by atoms with Gasteiger partial charge in [0.15, 0.2) is 0 Å². The van der Waals surface area contributed by atoms with Gasteiger partial charge in [0.2, 0.25) is 0 Å². The first-order valence-corrected chi connectivity index (χ1v) is 9.55. The smallest absolute Gasteiger partial charge is 0.129 e. The summed E-state index contributed by atoms with van der Waals surface area (Å²) in [4.78, 5) is 21.3. The Balaban J connectivity index is 0.000000260. The second kappa shape index (κ2) is 13.0. The summed E-state index contributed by atoms with van der Waals surface area (Å²) in [7, 11) is 0. The van der Waals surface area contributed by atoms with Crippen LogP contribution in [0.3, 0.4) is 0 Å². The van der Waals surface area contributed by atoms with Crippen LogP contribution in [0.1, 0.15) is 62.6 Å². The highest BCUT2D eigenvalue weighted by molar-refractivity contribution is 5.75. The van der Waals surface area contributed by atoms with E-state index in [0.29, 0.717) is 12.2 Å². The number of ketones is 2. The third-order valence-corrected chi connectivity index (χ3v) is 4.20. The molecule has 0 N–H and O–H groups in total. The molecule has 2 rings (SSSR count). The van der Waals surface area contributed by atoms with Gasteiger partial charge in [-0.3, -0.25) is 0 Å². The minimum atomic E-state index is 0.284. The van der Waals surface area contributed by atoms with Crippen LogP contribution in [0.5, 0.6) is 0 Å². The van der Waals surface area contributed by atoms with Crippen molar-refractivity contribution in [1.29, 1.82) is 0 Å². The molecule has 0 radical (unpaired) electrons. The first kappa shape index (κ1) is 21.8. The van der Waals surface area contributed by atoms with Crippen molar-refractivity contribution in [1.82, 2.24) is 0 Å². The average Bonchev–Trinajstić information content (AvgIpc) is 2.61. The molecule has 140 valence electrons. The number of carbonyl (C=O) groups is 2. The van der Waals surface area contributed by atoms with Gasteiger partial charge in [0.1, 0.15) is 11.6 Å². The number of hydrogen-bond acceptors (Lipinski definition) is 2. The summed E-state index contributed by atoms with van der Waals surface area (Å²) >= 11 is 0. The molecule has 0 unspecified atom stereocenters. The van der Waals surface area contributed by atoms with E-state index in [1.165, 1.54) is 16.7 Å². The van der Waals surface area contributed by atoms with Gasteiger partial charge in [0.05, 0.1) is 0 Å². The van der Waals surface area contributed by atoms with Crippen LogP contribution >= 0.6 is 0 Å². The SMILES string of the molecule is CC(=O)CCCCc1ccccc1.CC(=O)CCCc1ccc(C)cc1. The summed E-state index contributed by atoms with van der Waals surface area (Å²) < 4.78 is 0. The van der Waals surface area contributed by atoms with Gasteiger partial charge in [-0.1, -0.05) is 60.2 Å². The molecule has 0 bridgehead atoms. The number of benzene rings is 2. The van der Waals surface area contributed by atoms with Crippen LogP contribution in [0.4, 0.5) is 0 Å². The lowest BCUT2D eigenvalue weighted by molar-refractivity contribution is -0.117. The Morgan fingerprint density at radius 2 is 1.15 bits per heavy atom. The van der Waals surface area contributed by atoms with E-state index < -0.39 is 0 Å². The van der Waals surface area contributed by atoms with Crippen LogP contribution < -0.4 is 0 Å². The Labute approximate surface area is 158 Å². The van der Waals surface area contributed by atoms with Gasteiger partial charge in [-0.05, 0) is 64.0 Å². The summed E-state index contributed by atoms with van der Waals surface area (Å²) in [6.45, 7) is 5.39. The number of hydrogen-bond donors (Lipinski definition) is 0. The molecule has 0 heterocycles. The molecule has 0 amide bonds. The molecule has 0 aliphatic heterocycles. The normalized spacial score (nSPS) is 9.96. The summed E-state index contributed by atoms with van der Waals surface area (Å²) in [5.74, 6) is 0.583. The Hall–Kier alpha value is -2.22.